The topological polar surface area (TPSA) is 26.3 Å². The Balaban J connectivity index is 1.21. The number of para-hydroxylation sites is 2. The number of rotatable bonds is 3. The molecule has 2 aromatic heterocycles. The van der Waals surface area contributed by atoms with Gasteiger partial charge < -0.3 is 8.83 Å². The van der Waals surface area contributed by atoms with Crippen molar-refractivity contribution >= 4 is 76.2 Å². The van der Waals surface area contributed by atoms with Crippen LogP contribution in [0.15, 0.2) is 179 Å². The van der Waals surface area contributed by atoms with E-state index in [1.807, 2.05) is 12.1 Å². The first kappa shape index (κ1) is 27.3. The van der Waals surface area contributed by atoms with Gasteiger partial charge in [-0.25, -0.2) is 0 Å². The Morgan fingerprint density at radius 1 is 0.300 bits per heavy atom. The van der Waals surface area contributed by atoms with E-state index >= 15 is 0 Å². The summed E-state index contributed by atoms with van der Waals surface area (Å²) < 4.78 is 13.0. The van der Waals surface area contributed by atoms with Crippen molar-refractivity contribution in [2.45, 2.75) is 0 Å². The Bertz CT molecular complexity index is 3090. The Labute approximate surface area is 287 Å². The molecule has 11 rings (SSSR count). The van der Waals surface area contributed by atoms with E-state index in [0.29, 0.717) is 0 Å². The molecule has 0 aliphatic carbocycles. The molecule has 11 aromatic rings. The zero-order chi connectivity index (χ0) is 32.8. The van der Waals surface area contributed by atoms with E-state index < -0.39 is 0 Å². The third-order valence-electron chi connectivity index (χ3n) is 10.5. The molecule has 0 radical (unpaired) electrons. The summed E-state index contributed by atoms with van der Waals surface area (Å²) in [5.74, 6) is 0. The van der Waals surface area contributed by atoms with Crippen LogP contribution >= 0.6 is 0 Å². The molecule has 2 heteroatoms. The van der Waals surface area contributed by atoms with E-state index in [-0.39, 0.29) is 0 Å². The minimum absolute atomic E-state index is 0.865. The molecule has 0 unspecified atom stereocenters. The first-order valence-corrected chi connectivity index (χ1v) is 17.1. The molecule has 0 amide bonds. The molecule has 0 atom stereocenters. The fourth-order valence-corrected chi connectivity index (χ4v) is 8.34. The molecule has 0 N–H and O–H groups in total. The van der Waals surface area contributed by atoms with E-state index in [1.165, 1.54) is 49.0 Å². The van der Waals surface area contributed by atoms with E-state index in [4.69, 9.17) is 8.83 Å². The largest absolute Gasteiger partial charge is 0.456 e. The fourth-order valence-electron chi connectivity index (χ4n) is 8.34. The lowest BCUT2D eigenvalue weighted by atomic mass is 9.84. The second-order valence-electron chi connectivity index (χ2n) is 13.1. The van der Waals surface area contributed by atoms with Gasteiger partial charge in [0.15, 0.2) is 0 Å². The van der Waals surface area contributed by atoms with Crippen molar-refractivity contribution in [2.24, 2.45) is 0 Å². The Morgan fingerprint density at radius 2 is 0.840 bits per heavy atom. The van der Waals surface area contributed by atoms with E-state index in [2.05, 4.69) is 158 Å². The van der Waals surface area contributed by atoms with Gasteiger partial charge in [0, 0.05) is 27.1 Å². The second kappa shape index (κ2) is 10.4. The summed E-state index contributed by atoms with van der Waals surface area (Å²) in [4.78, 5) is 0. The SMILES string of the molecule is c1ccc2c(-c3c4ccccc4c(-c4ccc5oc6cccc(-c7cccc8c7oc7ccccc78)c6c5c4)c4ccccc34)cccc2c1. The van der Waals surface area contributed by atoms with E-state index in [0.717, 1.165) is 60.6 Å². The van der Waals surface area contributed by atoms with Crippen LogP contribution in [0.5, 0.6) is 0 Å². The molecule has 0 aliphatic heterocycles. The van der Waals surface area contributed by atoms with Crippen LogP contribution in [0, 0.1) is 0 Å². The molecule has 0 saturated heterocycles. The summed E-state index contributed by atoms with van der Waals surface area (Å²) >= 11 is 0. The molecule has 9 aromatic carbocycles. The Morgan fingerprint density at radius 3 is 1.64 bits per heavy atom. The molecule has 2 nitrogen and oxygen atoms in total. The van der Waals surface area contributed by atoms with Crippen molar-refractivity contribution in [3.8, 4) is 33.4 Å². The summed E-state index contributed by atoms with van der Waals surface area (Å²) in [5.41, 5.74) is 10.6. The minimum atomic E-state index is 0.865. The number of hydrogen-bond donors (Lipinski definition) is 0. The third-order valence-corrected chi connectivity index (χ3v) is 10.5. The molecule has 0 aliphatic rings. The first-order valence-electron chi connectivity index (χ1n) is 17.1. The van der Waals surface area contributed by atoms with Crippen molar-refractivity contribution in [3.63, 3.8) is 0 Å². The van der Waals surface area contributed by atoms with Crippen LogP contribution in [0.3, 0.4) is 0 Å². The molecule has 0 fully saturated rings. The summed E-state index contributed by atoms with van der Waals surface area (Å²) in [5, 5.41) is 11.9. The van der Waals surface area contributed by atoms with Gasteiger partial charge >= 0.3 is 0 Å². The van der Waals surface area contributed by atoms with Crippen LogP contribution in [0.1, 0.15) is 0 Å². The van der Waals surface area contributed by atoms with Gasteiger partial charge in [0.25, 0.3) is 0 Å². The summed E-state index contributed by atoms with van der Waals surface area (Å²) in [7, 11) is 0. The number of furan rings is 2. The maximum atomic E-state index is 6.54. The fraction of sp³-hybridized carbons (Fsp3) is 0. The van der Waals surface area contributed by atoms with Gasteiger partial charge in [-0.2, -0.15) is 0 Å². The zero-order valence-corrected chi connectivity index (χ0v) is 27.0. The summed E-state index contributed by atoms with van der Waals surface area (Å²) in [6, 6.07) is 60.8. The van der Waals surface area contributed by atoms with Crippen LogP contribution in [-0.2, 0) is 0 Å². The molecule has 0 saturated carbocycles. The summed E-state index contributed by atoms with van der Waals surface area (Å²) in [6.07, 6.45) is 0. The van der Waals surface area contributed by atoms with Gasteiger partial charge in [0.1, 0.15) is 22.3 Å². The van der Waals surface area contributed by atoms with Crippen LogP contribution < -0.4 is 0 Å². The van der Waals surface area contributed by atoms with Crippen LogP contribution in [0.4, 0.5) is 0 Å². The zero-order valence-electron chi connectivity index (χ0n) is 27.0. The highest BCUT2D eigenvalue weighted by Gasteiger charge is 2.21. The van der Waals surface area contributed by atoms with Crippen molar-refractivity contribution in [1.29, 1.82) is 0 Å². The predicted octanol–water partition coefficient (Wildman–Crippen LogP) is 13.9. The molecular weight excluding hydrogens is 609 g/mol. The van der Waals surface area contributed by atoms with Crippen molar-refractivity contribution in [3.05, 3.63) is 170 Å². The molecule has 50 heavy (non-hydrogen) atoms. The van der Waals surface area contributed by atoms with Crippen molar-refractivity contribution in [2.75, 3.05) is 0 Å². The normalized spacial score (nSPS) is 12.0. The highest BCUT2D eigenvalue weighted by atomic mass is 16.3. The number of fused-ring (bicyclic) bond motifs is 9. The van der Waals surface area contributed by atoms with Gasteiger partial charge in [0.05, 0.1) is 0 Å². The molecule has 0 bridgehead atoms. The molecule has 2 heterocycles. The van der Waals surface area contributed by atoms with E-state index in [9.17, 15) is 0 Å². The lowest BCUT2D eigenvalue weighted by Gasteiger charge is -2.18. The molecular formula is C48H28O2. The number of hydrogen-bond acceptors (Lipinski definition) is 2. The van der Waals surface area contributed by atoms with E-state index in [1.54, 1.807) is 0 Å². The lowest BCUT2D eigenvalue weighted by molar-refractivity contribution is 0.668. The first-order chi connectivity index (χ1) is 24.8. The van der Waals surface area contributed by atoms with Gasteiger partial charge in [-0.05, 0) is 84.4 Å². The van der Waals surface area contributed by atoms with Crippen molar-refractivity contribution in [1.82, 2.24) is 0 Å². The predicted molar refractivity (Wildman–Crippen MR) is 210 cm³/mol. The van der Waals surface area contributed by atoms with Crippen molar-refractivity contribution < 1.29 is 8.83 Å². The molecule has 232 valence electrons. The maximum absolute atomic E-state index is 6.54. The lowest BCUT2D eigenvalue weighted by Crippen LogP contribution is -1.91. The monoisotopic (exact) mass is 636 g/mol. The third kappa shape index (κ3) is 3.85. The second-order valence-corrected chi connectivity index (χ2v) is 13.1. The van der Waals surface area contributed by atoms with Crippen LogP contribution in [0.2, 0.25) is 0 Å². The van der Waals surface area contributed by atoms with Gasteiger partial charge in [-0.3, -0.25) is 0 Å². The smallest absolute Gasteiger partial charge is 0.143 e. The quantitative estimate of drug-likeness (QED) is 0.180. The van der Waals surface area contributed by atoms with Crippen LogP contribution in [-0.4, -0.2) is 0 Å². The van der Waals surface area contributed by atoms with Gasteiger partial charge in [-0.1, -0.05) is 146 Å². The maximum Gasteiger partial charge on any atom is 0.143 e. The molecule has 0 spiro atoms. The average molecular weight is 637 g/mol. The Hall–Kier alpha value is -6.64. The standard InChI is InChI=1S/C48H28O2/c1-2-14-31-29(12-1)13-9-20-33(31)46-36-18-5-3-16-34(36)45(35-17-4-6-19-37(35)46)30-26-27-43-41(28-30)47-38(21-11-25-44(47)49-43)40-23-10-22-39-32-15-7-8-24-42(32)50-48(39)40/h1-28H. The Kier molecular flexibility index (Phi) is 5.70. The highest BCUT2D eigenvalue weighted by molar-refractivity contribution is 6.25. The minimum Gasteiger partial charge on any atom is -0.456 e. The van der Waals surface area contributed by atoms with Gasteiger partial charge in [-0.15, -0.1) is 0 Å². The number of benzene rings is 9. The highest BCUT2D eigenvalue weighted by Crippen LogP contribution is 2.47. The van der Waals surface area contributed by atoms with Gasteiger partial charge in [0.2, 0.25) is 0 Å². The van der Waals surface area contributed by atoms with Crippen LogP contribution in [0.25, 0.3) is 110 Å². The summed E-state index contributed by atoms with van der Waals surface area (Å²) in [6.45, 7) is 0. The average Bonchev–Trinajstić information content (AvgIpc) is 3.75.